The molecule has 0 radical (unpaired) electrons. The summed E-state index contributed by atoms with van der Waals surface area (Å²) in [7, 11) is 0. The van der Waals surface area contributed by atoms with Gasteiger partial charge in [0.25, 0.3) is 5.91 Å². The van der Waals surface area contributed by atoms with E-state index in [0.717, 1.165) is 6.07 Å². The Balaban J connectivity index is 1.80. The number of aryl methyl sites for hydroxylation is 4. The summed E-state index contributed by atoms with van der Waals surface area (Å²) >= 11 is 0.635. The molecular weight excluding hydrogens is 529 g/mol. The van der Waals surface area contributed by atoms with Gasteiger partial charge in [0.15, 0.2) is 0 Å². The number of aromatic nitrogens is 5. The highest BCUT2D eigenvalue weighted by atomic mass is 32.1. The highest BCUT2D eigenvalue weighted by Gasteiger charge is 2.35. The lowest BCUT2D eigenvalue weighted by Crippen LogP contribution is -2.18. The second-order valence-electron chi connectivity index (χ2n) is 8.31. The van der Waals surface area contributed by atoms with Crippen molar-refractivity contribution in [2.75, 3.05) is 5.32 Å². The Bertz CT molecular complexity index is 1590. The van der Waals surface area contributed by atoms with Gasteiger partial charge in [-0.2, -0.15) is 23.0 Å². The van der Waals surface area contributed by atoms with Gasteiger partial charge in [-0.3, -0.25) is 14.3 Å². The van der Waals surface area contributed by atoms with Crippen molar-refractivity contribution >= 4 is 44.9 Å². The number of nitrogens with one attached hydrogen (secondary N) is 1. The zero-order valence-corrected chi connectivity index (χ0v) is 21.1. The van der Waals surface area contributed by atoms with Crippen LogP contribution >= 0.6 is 11.3 Å². The molecule has 0 fully saturated rings. The molecule has 12 nitrogen and oxygen atoms in total. The first-order chi connectivity index (χ1) is 17.8. The SMILES string of the molecule is CCn1cc(-c2cc(C(F)(F)F)nc3sc(C(N)=O)c(NC(=O)CCn4nc([N+](=O)[O-])cc4C)c23)c(C)n1. The fourth-order valence-corrected chi connectivity index (χ4v) is 4.92. The Morgan fingerprint density at radius 3 is 2.47 bits per heavy atom. The monoisotopic (exact) mass is 550 g/mol. The van der Waals surface area contributed by atoms with Gasteiger partial charge in [-0.1, -0.05) is 0 Å². The van der Waals surface area contributed by atoms with Crippen LogP contribution in [0, 0.1) is 24.0 Å². The van der Waals surface area contributed by atoms with Crippen molar-refractivity contribution in [3.63, 3.8) is 0 Å². The zero-order valence-electron chi connectivity index (χ0n) is 20.3. The molecule has 200 valence electrons. The van der Waals surface area contributed by atoms with E-state index in [-0.39, 0.29) is 45.1 Å². The first-order valence-corrected chi connectivity index (χ1v) is 12.0. The van der Waals surface area contributed by atoms with Crippen LogP contribution in [0.2, 0.25) is 0 Å². The molecule has 3 N–H and O–H groups in total. The van der Waals surface area contributed by atoms with Crippen LogP contribution in [0.25, 0.3) is 21.3 Å². The van der Waals surface area contributed by atoms with Crippen molar-refractivity contribution < 1.29 is 27.7 Å². The third-order valence-electron chi connectivity index (χ3n) is 5.71. The Kier molecular flexibility index (Phi) is 6.92. The molecule has 0 unspecified atom stereocenters. The number of nitro groups is 1. The number of amides is 2. The summed E-state index contributed by atoms with van der Waals surface area (Å²) in [6, 6.07) is 2.11. The maximum absolute atomic E-state index is 13.7. The van der Waals surface area contributed by atoms with Crippen molar-refractivity contribution in [3.05, 3.63) is 50.4 Å². The number of hydrogen-bond donors (Lipinski definition) is 2. The molecule has 4 heterocycles. The van der Waals surface area contributed by atoms with E-state index in [1.165, 1.54) is 10.7 Å². The predicted octanol–water partition coefficient (Wildman–Crippen LogP) is 4.05. The van der Waals surface area contributed by atoms with Crippen LogP contribution in [0.15, 0.2) is 18.3 Å². The van der Waals surface area contributed by atoms with E-state index in [9.17, 15) is 32.9 Å². The molecule has 0 atom stereocenters. The highest BCUT2D eigenvalue weighted by Crippen LogP contribution is 2.44. The van der Waals surface area contributed by atoms with Crippen LogP contribution in [-0.2, 0) is 24.1 Å². The topological polar surface area (TPSA) is 164 Å². The minimum atomic E-state index is -4.78. The number of halogens is 3. The number of alkyl halides is 3. The summed E-state index contributed by atoms with van der Waals surface area (Å²) in [6.07, 6.45) is -3.40. The zero-order chi connectivity index (χ0) is 27.9. The first kappa shape index (κ1) is 26.7. The number of carbonyl (C=O) groups is 2. The van der Waals surface area contributed by atoms with E-state index in [1.54, 1.807) is 24.7 Å². The Morgan fingerprint density at radius 2 is 1.92 bits per heavy atom. The summed E-state index contributed by atoms with van der Waals surface area (Å²) in [6.45, 7) is 5.48. The van der Waals surface area contributed by atoms with Crippen molar-refractivity contribution in [1.82, 2.24) is 24.5 Å². The molecule has 16 heteroatoms. The number of nitrogens with zero attached hydrogens (tertiary/aromatic N) is 6. The Labute approximate surface area is 216 Å². The third-order valence-corrected chi connectivity index (χ3v) is 6.81. The molecule has 0 saturated heterocycles. The minimum Gasteiger partial charge on any atom is -0.365 e. The maximum Gasteiger partial charge on any atom is 0.433 e. The van der Waals surface area contributed by atoms with Crippen molar-refractivity contribution in [2.45, 2.75) is 46.5 Å². The molecule has 0 spiro atoms. The van der Waals surface area contributed by atoms with Crippen molar-refractivity contribution in [2.24, 2.45) is 5.73 Å². The van der Waals surface area contributed by atoms with Gasteiger partial charge in [0.05, 0.1) is 34.8 Å². The molecular formula is C22H21F3N8O4S. The molecule has 38 heavy (non-hydrogen) atoms. The number of nitrogens with two attached hydrogens (primary N) is 1. The normalized spacial score (nSPS) is 11.7. The van der Waals surface area contributed by atoms with Crippen LogP contribution < -0.4 is 11.1 Å². The van der Waals surface area contributed by atoms with Gasteiger partial charge < -0.3 is 21.2 Å². The van der Waals surface area contributed by atoms with Crippen LogP contribution in [0.1, 0.15) is 40.1 Å². The van der Waals surface area contributed by atoms with Gasteiger partial charge in [-0.05, 0) is 37.3 Å². The van der Waals surface area contributed by atoms with Crippen molar-refractivity contribution in [1.29, 1.82) is 0 Å². The molecule has 2 amide bonds. The van der Waals surface area contributed by atoms with Gasteiger partial charge in [0.2, 0.25) is 5.91 Å². The van der Waals surface area contributed by atoms with Crippen LogP contribution in [0.5, 0.6) is 0 Å². The Morgan fingerprint density at radius 1 is 1.21 bits per heavy atom. The number of rotatable bonds is 8. The molecule has 0 aliphatic heterocycles. The molecule has 4 aromatic rings. The van der Waals surface area contributed by atoms with Gasteiger partial charge in [-0.15, -0.1) is 11.3 Å². The summed E-state index contributed by atoms with van der Waals surface area (Å²) in [5.41, 5.74) is 5.62. The van der Waals surface area contributed by atoms with E-state index >= 15 is 0 Å². The summed E-state index contributed by atoms with van der Waals surface area (Å²) < 4.78 is 44.0. The second-order valence-corrected chi connectivity index (χ2v) is 9.31. The molecule has 4 rings (SSSR count). The van der Waals surface area contributed by atoms with Gasteiger partial charge >= 0.3 is 12.0 Å². The lowest BCUT2D eigenvalue weighted by atomic mass is 10.0. The standard InChI is InChI=1S/C22H21F3N8O4S/c1-4-31-9-13(11(3)29-31)12-8-14(22(23,24)25)27-21-17(12)18(19(38-21)20(26)35)28-16(34)5-6-32-10(2)7-15(30-32)33(36)37/h7-9H,4-6H2,1-3H3,(H2,26,35)(H,28,34). The number of carbonyl (C=O) groups excluding carboxylic acids is 2. The molecule has 4 aromatic heterocycles. The smallest absolute Gasteiger partial charge is 0.365 e. The largest absolute Gasteiger partial charge is 0.433 e. The Hall–Kier alpha value is -4.34. The second kappa shape index (κ2) is 9.85. The number of primary amides is 1. The van der Waals surface area contributed by atoms with Crippen LogP contribution in [-0.4, -0.2) is 41.3 Å². The van der Waals surface area contributed by atoms with Crippen LogP contribution in [0.4, 0.5) is 24.7 Å². The quantitative estimate of drug-likeness (QED) is 0.247. The van der Waals surface area contributed by atoms with Crippen molar-refractivity contribution in [3.8, 4) is 11.1 Å². The lowest BCUT2D eigenvalue weighted by molar-refractivity contribution is -0.389. The van der Waals surface area contributed by atoms with Gasteiger partial charge in [0.1, 0.15) is 15.4 Å². The molecule has 0 saturated carbocycles. The number of thiophene rings is 1. The molecule has 0 aliphatic rings. The maximum atomic E-state index is 13.7. The van der Waals surface area contributed by atoms with Gasteiger partial charge in [-0.25, -0.2) is 4.98 Å². The third kappa shape index (κ3) is 5.06. The molecule has 0 aromatic carbocycles. The van der Waals surface area contributed by atoms with Gasteiger partial charge in [0, 0.05) is 30.1 Å². The van der Waals surface area contributed by atoms with E-state index in [4.69, 9.17) is 5.73 Å². The average Bonchev–Trinajstić information content (AvgIpc) is 3.51. The summed E-state index contributed by atoms with van der Waals surface area (Å²) in [5, 5.41) is 21.8. The van der Waals surface area contributed by atoms with E-state index < -0.39 is 28.6 Å². The predicted molar refractivity (Wildman–Crippen MR) is 132 cm³/mol. The minimum absolute atomic E-state index is 0.0226. The molecule has 0 aliphatic carbocycles. The number of anilines is 1. The van der Waals surface area contributed by atoms with E-state index in [0.29, 0.717) is 34.8 Å². The number of pyridine rings is 1. The fraction of sp³-hybridized carbons (Fsp3) is 0.318. The van der Waals surface area contributed by atoms with E-state index in [2.05, 4.69) is 20.5 Å². The fourth-order valence-electron chi connectivity index (χ4n) is 3.91. The van der Waals surface area contributed by atoms with E-state index in [1.807, 2.05) is 6.92 Å². The lowest BCUT2D eigenvalue weighted by Gasteiger charge is -2.12. The summed E-state index contributed by atoms with van der Waals surface area (Å²) in [4.78, 5) is 38.8. The molecule has 0 bridgehead atoms. The average molecular weight is 551 g/mol. The number of hydrogen-bond acceptors (Lipinski definition) is 8. The number of fused-ring (bicyclic) bond motifs is 1. The highest BCUT2D eigenvalue weighted by molar-refractivity contribution is 7.21. The first-order valence-electron chi connectivity index (χ1n) is 11.2. The van der Waals surface area contributed by atoms with Crippen LogP contribution in [0.3, 0.4) is 0 Å². The summed E-state index contributed by atoms with van der Waals surface area (Å²) in [5.74, 6) is -1.94.